The summed E-state index contributed by atoms with van der Waals surface area (Å²) in [4.78, 5) is 16.2. The lowest BCUT2D eigenvalue weighted by atomic mass is 10.3. The summed E-state index contributed by atoms with van der Waals surface area (Å²) in [5, 5.41) is 4.11. The summed E-state index contributed by atoms with van der Waals surface area (Å²) < 4.78 is 0. The minimum Gasteiger partial charge on any atom is -0.325 e. The van der Waals surface area contributed by atoms with Gasteiger partial charge >= 0.3 is 0 Å². The molecule has 0 saturated carbocycles. The van der Waals surface area contributed by atoms with Gasteiger partial charge in [-0.05, 0) is 43.3 Å². The van der Waals surface area contributed by atoms with Crippen LogP contribution in [0.2, 0.25) is 5.02 Å². The molecular weight excluding hydrogens is 280 g/mol. The Labute approximate surface area is 121 Å². The van der Waals surface area contributed by atoms with Gasteiger partial charge in [0.2, 0.25) is 5.91 Å². The highest BCUT2D eigenvalue weighted by atomic mass is 35.5. The van der Waals surface area contributed by atoms with Gasteiger partial charge in [-0.3, -0.25) is 4.79 Å². The number of anilines is 1. The summed E-state index contributed by atoms with van der Waals surface area (Å²) in [6.45, 7) is 1.85. The number of halogens is 1. The fraction of sp³-hybridized carbons (Fsp3) is 0.143. The number of aromatic nitrogens is 1. The first kappa shape index (κ1) is 13.9. The third-order valence-corrected chi connectivity index (χ3v) is 3.72. The van der Waals surface area contributed by atoms with Gasteiger partial charge in [0.1, 0.15) is 0 Å². The molecule has 1 aromatic heterocycles. The maximum Gasteiger partial charge on any atom is 0.237 e. The lowest BCUT2D eigenvalue weighted by Gasteiger charge is -2.11. The van der Waals surface area contributed by atoms with Crippen LogP contribution in [-0.2, 0) is 4.79 Å². The number of hydrogen-bond donors (Lipinski definition) is 1. The summed E-state index contributed by atoms with van der Waals surface area (Å²) >= 11 is 7.22. The van der Waals surface area contributed by atoms with E-state index in [0.717, 1.165) is 10.7 Å². The number of nitrogens with zero attached hydrogens (tertiary/aromatic N) is 1. The van der Waals surface area contributed by atoms with E-state index in [-0.39, 0.29) is 11.2 Å². The van der Waals surface area contributed by atoms with Crippen molar-refractivity contribution in [2.75, 3.05) is 5.32 Å². The second-order valence-electron chi connectivity index (χ2n) is 3.92. The number of rotatable bonds is 4. The smallest absolute Gasteiger partial charge is 0.237 e. The van der Waals surface area contributed by atoms with Gasteiger partial charge in [0, 0.05) is 16.9 Å². The summed E-state index contributed by atoms with van der Waals surface area (Å²) in [5.74, 6) is -0.0574. The Kier molecular flexibility index (Phi) is 4.82. The molecule has 2 aromatic rings. The minimum absolute atomic E-state index is 0.0574. The molecule has 2 rings (SSSR count). The van der Waals surface area contributed by atoms with Crippen molar-refractivity contribution >= 4 is 35.0 Å². The zero-order valence-corrected chi connectivity index (χ0v) is 11.9. The number of hydrogen-bond acceptors (Lipinski definition) is 3. The van der Waals surface area contributed by atoms with E-state index in [2.05, 4.69) is 10.3 Å². The topological polar surface area (TPSA) is 42.0 Å². The molecule has 0 unspecified atom stereocenters. The van der Waals surface area contributed by atoms with E-state index in [9.17, 15) is 4.79 Å². The Balaban J connectivity index is 1.94. The van der Waals surface area contributed by atoms with Gasteiger partial charge in [0.05, 0.1) is 10.3 Å². The van der Waals surface area contributed by atoms with Gasteiger partial charge in [-0.25, -0.2) is 4.98 Å². The largest absolute Gasteiger partial charge is 0.325 e. The van der Waals surface area contributed by atoms with Crippen molar-refractivity contribution in [3.63, 3.8) is 0 Å². The molecule has 1 N–H and O–H groups in total. The van der Waals surface area contributed by atoms with Gasteiger partial charge in [0.25, 0.3) is 0 Å². The number of carbonyl (C=O) groups is 1. The summed E-state index contributed by atoms with van der Waals surface area (Å²) in [5.41, 5.74) is 0.739. The van der Waals surface area contributed by atoms with Crippen molar-refractivity contribution < 1.29 is 4.79 Å². The monoisotopic (exact) mass is 292 g/mol. The van der Waals surface area contributed by atoms with E-state index in [1.54, 1.807) is 30.5 Å². The van der Waals surface area contributed by atoms with Crippen molar-refractivity contribution in [1.29, 1.82) is 0 Å². The third-order valence-electron chi connectivity index (χ3n) is 2.42. The SMILES string of the molecule is C[C@@H](Sc1ccccn1)C(=O)Nc1ccc(Cl)cc1. The Bertz CT molecular complexity index is 545. The molecule has 0 bridgehead atoms. The van der Waals surface area contributed by atoms with Crippen LogP contribution in [0.25, 0.3) is 0 Å². The highest BCUT2D eigenvalue weighted by Crippen LogP contribution is 2.22. The Morgan fingerprint density at radius 2 is 2.00 bits per heavy atom. The van der Waals surface area contributed by atoms with Crippen molar-refractivity contribution in [2.45, 2.75) is 17.2 Å². The predicted octanol–water partition coefficient (Wildman–Crippen LogP) is 3.85. The molecule has 1 aromatic carbocycles. The maximum atomic E-state index is 12.0. The highest BCUT2D eigenvalue weighted by molar-refractivity contribution is 8.00. The van der Waals surface area contributed by atoms with E-state index >= 15 is 0 Å². The molecular formula is C14H13ClN2OS. The van der Waals surface area contributed by atoms with Crippen molar-refractivity contribution in [2.24, 2.45) is 0 Å². The molecule has 1 amide bonds. The predicted molar refractivity (Wildman–Crippen MR) is 79.6 cm³/mol. The standard InChI is InChI=1S/C14H13ClN2OS/c1-10(19-13-4-2-3-9-16-13)14(18)17-12-7-5-11(15)6-8-12/h2-10H,1H3,(H,17,18)/t10-/m1/s1. The minimum atomic E-state index is -0.217. The van der Waals surface area contributed by atoms with Crippen LogP contribution in [0.3, 0.4) is 0 Å². The summed E-state index contributed by atoms with van der Waals surface area (Å²) in [6.07, 6.45) is 1.71. The quantitative estimate of drug-likeness (QED) is 0.870. The van der Waals surface area contributed by atoms with Crippen molar-refractivity contribution in [3.05, 3.63) is 53.7 Å². The second kappa shape index (κ2) is 6.59. The molecule has 19 heavy (non-hydrogen) atoms. The van der Waals surface area contributed by atoms with Crippen LogP contribution >= 0.6 is 23.4 Å². The van der Waals surface area contributed by atoms with Crippen LogP contribution in [0.1, 0.15) is 6.92 Å². The van der Waals surface area contributed by atoms with Gasteiger partial charge in [0.15, 0.2) is 0 Å². The second-order valence-corrected chi connectivity index (χ2v) is 5.72. The first-order valence-electron chi connectivity index (χ1n) is 5.79. The maximum absolute atomic E-state index is 12.0. The number of pyridine rings is 1. The molecule has 0 saturated heterocycles. The molecule has 5 heteroatoms. The number of amides is 1. The molecule has 0 aliphatic rings. The van der Waals surface area contributed by atoms with E-state index in [4.69, 9.17) is 11.6 Å². The number of thioether (sulfide) groups is 1. The number of nitrogens with one attached hydrogen (secondary N) is 1. The zero-order chi connectivity index (χ0) is 13.7. The van der Waals surface area contributed by atoms with Crippen LogP contribution in [0.4, 0.5) is 5.69 Å². The molecule has 3 nitrogen and oxygen atoms in total. The molecule has 0 aliphatic carbocycles. The van der Waals surface area contributed by atoms with Gasteiger partial charge < -0.3 is 5.32 Å². The zero-order valence-electron chi connectivity index (χ0n) is 10.3. The van der Waals surface area contributed by atoms with Crippen LogP contribution in [0.15, 0.2) is 53.7 Å². The van der Waals surface area contributed by atoms with Crippen molar-refractivity contribution in [3.8, 4) is 0 Å². The average molecular weight is 293 g/mol. The third kappa shape index (κ3) is 4.26. The van der Waals surface area contributed by atoms with Crippen LogP contribution in [0.5, 0.6) is 0 Å². The van der Waals surface area contributed by atoms with Crippen LogP contribution in [0, 0.1) is 0 Å². The molecule has 0 radical (unpaired) electrons. The molecule has 0 spiro atoms. The van der Waals surface area contributed by atoms with E-state index in [1.807, 2.05) is 25.1 Å². The lowest BCUT2D eigenvalue weighted by Crippen LogP contribution is -2.22. The number of carbonyl (C=O) groups excluding carboxylic acids is 1. The Morgan fingerprint density at radius 1 is 1.26 bits per heavy atom. The fourth-order valence-electron chi connectivity index (χ4n) is 1.43. The molecule has 1 atom stereocenters. The summed E-state index contributed by atoms with van der Waals surface area (Å²) in [6, 6.07) is 12.7. The summed E-state index contributed by atoms with van der Waals surface area (Å²) in [7, 11) is 0. The first-order valence-corrected chi connectivity index (χ1v) is 7.05. The van der Waals surface area contributed by atoms with Crippen molar-refractivity contribution in [1.82, 2.24) is 4.98 Å². The molecule has 98 valence electrons. The van der Waals surface area contributed by atoms with Gasteiger partial charge in [-0.1, -0.05) is 29.4 Å². The molecule has 1 heterocycles. The number of benzene rings is 1. The normalized spacial score (nSPS) is 11.9. The average Bonchev–Trinajstić information content (AvgIpc) is 2.42. The first-order chi connectivity index (χ1) is 9.15. The van der Waals surface area contributed by atoms with E-state index in [0.29, 0.717) is 5.02 Å². The van der Waals surface area contributed by atoms with E-state index < -0.39 is 0 Å². The Hall–Kier alpha value is -1.52. The van der Waals surface area contributed by atoms with E-state index in [1.165, 1.54) is 11.8 Å². The highest BCUT2D eigenvalue weighted by Gasteiger charge is 2.14. The molecule has 0 fully saturated rings. The van der Waals surface area contributed by atoms with Crippen LogP contribution in [-0.4, -0.2) is 16.1 Å². The molecule has 0 aliphatic heterocycles. The Morgan fingerprint density at radius 3 is 2.63 bits per heavy atom. The lowest BCUT2D eigenvalue weighted by molar-refractivity contribution is -0.115. The fourth-order valence-corrected chi connectivity index (χ4v) is 2.36. The van der Waals surface area contributed by atoms with Gasteiger partial charge in [-0.15, -0.1) is 0 Å². The van der Waals surface area contributed by atoms with Crippen LogP contribution < -0.4 is 5.32 Å². The van der Waals surface area contributed by atoms with Gasteiger partial charge in [-0.2, -0.15) is 0 Å².